The van der Waals surface area contributed by atoms with Gasteiger partial charge in [0.25, 0.3) is 5.91 Å². The first-order valence-corrected chi connectivity index (χ1v) is 11.0. The number of primary amides is 1. The van der Waals surface area contributed by atoms with Crippen molar-refractivity contribution < 1.29 is 23.9 Å². The number of esters is 1. The van der Waals surface area contributed by atoms with Gasteiger partial charge in [0.15, 0.2) is 18.1 Å². The molecule has 3 N–H and O–H groups in total. The van der Waals surface area contributed by atoms with E-state index in [1.165, 1.54) is 7.05 Å². The van der Waals surface area contributed by atoms with Gasteiger partial charge >= 0.3 is 11.7 Å². The Kier molecular flexibility index (Phi) is 7.94. The largest absolute Gasteiger partial charge is 0.444 e. The summed E-state index contributed by atoms with van der Waals surface area (Å²) in [5.74, 6) is -3.49. The van der Waals surface area contributed by atoms with Crippen molar-refractivity contribution in [3.05, 3.63) is 22.5 Å². The second kappa shape index (κ2) is 10.7. The van der Waals surface area contributed by atoms with Gasteiger partial charge in [-0.05, 0) is 33.0 Å². The first kappa shape index (κ1) is 25.2. The number of hydrogen-bond donors (Lipinski definition) is 2. The molecule has 2 saturated heterocycles. The van der Waals surface area contributed by atoms with E-state index in [0.717, 1.165) is 28.5 Å². The minimum atomic E-state index is -0.782. The number of fused-ring (bicyclic) bond motifs is 3. The fourth-order valence-corrected chi connectivity index (χ4v) is 3.96. The number of rotatable bonds is 7. The van der Waals surface area contributed by atoms with Crippen LogP contribution in [0.15, 0.2) is 11.1 Å². The van der Waals surface area contributed by atoms with E-state index in [1.54, 1.807) is 0 Å². The summed E-state index contributed by atoms with van der Waals surface area (Å²) >= 11 is 0. The molecule has 0 saturated carbocycles. The Balaban J connectivity index is 0.000000481. The van der Waals surface area contributed by atoms with Crippen LogP contribution in [-0.4, -0.2) is 86.1 Å². The molecule has 2 aliphatic heterocycles. The molecule has 2 aromatic heterocycles. The third kappa shape index (κ3) is 5.07. The van der Waals surface area contributed by atoms with Gasteiger partial charge in [0.1, 0.15) is 6.33 Å². The molecule has 186 valence electrons. The molecule has 2 aliphatic rings. The van der Waals surface area contributed by atoms with E-state index >= 15 is 0 Å². The van der Waals surface area contributed by atoms with Crippen LogP contribution in [0.4, 0.5) is 0 Å². The summed E-state index contributed by atoms with van der Waals surface area (Å²) in [4.78, 5) is 54.3. The molecule has 2 fully saturated rings. The number of aryl methyl sites for hydroxylation is 1. The molecule has 0 radical (unpaired) electrons. The maximum absolute atomic E-state index is 12.4. The third-order valence-corrected chi connectivity index (χ3v) is 6.11. The van der Waals surface area contributed by atoms with Crippen LogP contribution in [0.1, 0.15) is 37.2 Å². The molecule has 14 nitrogen and oxygen atoms in total. The van der Waals surface area contributed by atoms with Gasteiger partial charge in [0.05, 0.1) is 24.0 Å². The van der Waals surface area contributed by atoms with E-state index in [4.69, 9.17) is 15.2 Å². The first-order chi connectivity index (χ1) is 16.2. The normalized spacial score (nSPS) is 23.0. The van der Waals surface area contributed by atoms with Gasteiger partial charge in [-0.15, -0.1) is 5.10 Å². The highest BCUT2D eigenvalue weighted by Gasteiger charge is 2.55. The molecule has 2 aromatic rings. The van der Waals surface area contributed by atoms with Crippen molar-refractivity contribution in [3.63, 3.8) is 0 Å². The van der Waals surface area contributed by atoms with E-state index in [2.05, 4.69) is 46.4 Å². The fourth-order valence-electron chi connectivity index (χ4n) is 3.96. The molecular formula is C20H30N8O6. The summed E-state index contributed by atoms with van der Waals surface area (Å²) in [6.45, 7) is 6.19. The third-order valence-electron chi connectivity index (χ3n) is 6.11. The summed E-state index contributed by atoms with van der Waals surface area (Å²) in [5, 5.41) is 9.72. The van der Waals surface area contributed by atoms with Crippen LogP contribution in [0.3, 0.4) is 0 Å². The molecule has 2 bridgehead atoms. The smallest absolute Gasteiger partial charge is 0.352 e. The van der Waals surface area contributed by atoms with Crippen LogP contribution in [-0.2, 0) is 26.1 Å². The number of aromatic nitrogens is 5. The van der Waals surface area contributed by atoms with Crippen molar-refractivity contribution in [2.24, 2.45) is 24.6 Å². The monoisotopic (exact) mass is 478 g/mol. The Morgan fingerprint density at radius 1 is 1.24 bits per heavy atom. The lowest BCUT2D eigenvalue weighted by Gasteiger charge is -2.23. The van der Waals surface area contributed by atoms with Crippen molar-refractivity contribution in [2.75, 3.05) is 26.9 Å². The standard InChI is InChI=1S/C15H17N7O6.C5H13N/c1-21-15(26)22-4-17-10(12(22)19-20-21)13(24)18-5-27-14(25)9-7-3-2-6(28-7)8(9)11(16)23;1-4-6(3)5-2/h4,6-9H,2-3,5H2,1H3,(H2,16,23)(H,18,24);4-5H2,1-3H3. The lowest BCUT2D eigenvalue weighted by atomic mass is 9.79. The minimum Gasteiger partial charge on any atom is -0.444 e. The summed E-state index contributed by atoms with van der Waals surface area (Å²) in [7, 11) is 3.52. The molecule has 4 heterocycles. The van der Waals surface area contributed by atoms with Gasteiger partial charge in [0.2, 0.25) is 5.91 Å². The van der Waals surface area contributed by atoms with Crippen LogP contribution < -0.4 is 16.7 Å². The number of nitrogens with zero attached hydrogens (tertiary/aromatic N) is 6. The number of carbonyl (C=O) groups excluding carboxylic acids is 3. The van der Waals surface area contributed by atoms with E-state index in [1.807, 2.05) is 0 Å². The number of nitrogens with one attached hydrogen (secondary N) is 1. The molecule has 14 heteroatoms. The Labute approximate surface area is 195 Å². The molecule has 34 heavy (non-hydrogen) atoms. The van der Waals surface area contributed by atoms with Crippen molar-refractivity contribution in [3.8, 4) is 0 Å². The maximum atomic E-state index is 12.4. The van der Waals surface area contributed by atoms with Crippen LogP contribution >= 0.6 is 0 Å². The van der Waals surface area contributed by atoms with Gasteiger partial charge in [-0.3, -0.25) is 14.4 Å². The second-order valence-corrected chi connectivity index (χ2v) is 8.13. The molecule has 0 aromatic carbocycles. The Bertz CT molecular complexity index is 1110. The topological polar surface area (TPSA) is 176 Å². The Hall–Kier alpha value is -3.39. The molecule has 0 spiro atoms. The average molecular weight is 479 g/mol. The van der Waals surface area contributed by atoms with E-state index in [9.17, 15) is 19.2 Å². The second-order valence-electron chi connectivity index (χ2n) is 8.13. The first-order valence-electron chi connectivity index (χ1n) is 11.0. The zero-order valence-electron chi connectivity index (χ0n) is 19.6. The van der Waals surface area contributed by atoms with Crippen molar-refractivity contribution in [2.45, 2.75) is 38.9 Å². The number of hydrogen-bond acceptors (Lipinski definition) is 10. The molecular weight excluding hydrogens is 448 g/mol. The summed E-state index contributed by atoms with van der Waals surface area (Å²) in [5.41, 5.74) is 4.70. The highest BCUT2D eigenvalue weighted by Crippen LogP contribution is 2.43. The van der Waals surface area contributed by atoms with Gasteiger partial charge < -0.3 is 25.4 Å². The summed E-state index contributed by atoms with van der Waals surface area (Å²) in [6, 6.07) is 0. The maximum Gasteiger partial charge on any atom is 0.352 e. The average Bonchev–Trinajstić information content (AvgIpc) is 3.55. The SMILES string of the molecule is CCN(C)CC.Cn1nnc2c(C(=O)NCOC(=O)C3C4CCC(O4)C3C(N)=O)ncn2c1=O. The fraction of sp³-hybridized carbons (Fsp3) is 0.650. The van der Waals surface area contributed by atoms with E-state index < -0.39 is 48.1 Å². The van der Waals surface area contributed by atoms with Gasteiger partial charge in [-0.25, -0.2) is 14.2 Å². The van der Waals surface area contributed by atoms with Crippen molar-refractivity contribution >= 4 is 23.4 Å². The molecule has 4 rings (SSSR count). The quantitative estimate of drug-likeness (QED) is 0.344. The van der Waals surface area contributed by atoms with Crippen LogP contribution in [0.25, 0.3) is 5.65 Å². The summed E-state index contributed by atoms with van der Waals surface area (Å²) in [6.07, 6.45) is 1.70. The Morgan fingerprint density at radius 2 is 1.88 bits per heavy atom. The molecule has 4 unspecified atom stereocenters. The van der Waals surface area contributed by atoms with Gasteiger partial charge in [-0.1, -0.05) is 19.1 Å². The highest BCUT2D eigenvalue weighted by molar-refractivity contribution is 5.97. The van der Waals surface area contributed by atoms with Crippen molar-refractivity contribution in [1.29, 1.82) is 0 Å². The molecule has 0 aliphatic carbocycles. The lowest BCUT2D eigenvalue weighted by molar-refractivity contribution is -0.154. The molecule has 4 atom stereocenters. The highest BCUT2D eigenvalue weighted by atomic mass is 16.6. The number of imidazole rings is 1. The summed E-state index contributed by atoms with van der Waals surface area (Å²) < 4.78 is 12.7. The number of nitrogens with two attached hydrogens (primary N) is 1. The minimum absolute atomic E-state index is 0.0257. The zero-order chi connectivity index (χ0) is 25.0. The molecule has 2 amide bonds. The van der Waals surface area contributed by atoms with Crippen molar-refractivity contribution in [1.82, 2.24) is 34.6 Å². The number of amides is 2. The van der Waals surface area contributed by atoms with Gasteiger partial charge in [-0.2, -0.15) is 4.68 Å². The van der Waals surface area contributed by atoms with E-state index in [0.29, 0.717) is 12.8 Å². The predicted octanol–water partition coefficient (Wildman–Crippen LogP) is -1.71. The number of carbonyl (C=O) groups is 3. The van der Waals surface area contributed by atoms with Crippen LogP contribution in [0.2, 0.25) is 0 Å². The lowest BCUT2D eigenvalue weighted by Crippen LogP contribution is -2.43. The number of ether oxygens (including phenoxy) is 2. The van der Waals surface area contributed by atoms with Crippen LogP contribution in [0, 0.1) is 11.8 Å². The predicted molar refractivity (Wildman–Crippen MR) is 117 cm³/mol. The van der Waals surface area contributed by atoms with E-state index in [-0.39, 0.29) is 17.4 Å². The van der Waals surface area contributed by atoms with Gasteiger partial charge in [0, 0.05) is 7.05 Å². The Morgan fingerprint density at radius 3 is 2.47 bits per heavy atom. The zero-order valence-corrected chi connectivity index (χ0v) is 19.6. The van der Waals surface area contributed by atoms with Crippen LogP contribution in [0.5, 0.6) is 0 Å².